The second-order valence-corrected chi connectivity index (χ2v) is 29.8. The molecule has 0 aliphatic carbocycles. The average molecular weight is 1600 g/mol. The van der Waals surface area contributed by atoms with Crippen molar-refractivity contribution in [3.63, 3.8) is 0 Å². The number of para-hydroxylation sites is 2. The molecule has 19 rings (SSSR count). The van der Waals surface area contributed by atoms with Crippen molar-refractivity contribution in [2.45, 2.75) is 38.9 Å². The van der Waals surface area contributed by atoms with Crippen LogP contribution < -0.4 is 5.46 Å². The van der Waals surface area contributed by atoms with Crippen molar-refractivity contribution in [2.75, 3.05) is 0 Å². The molecule has 0 N–H and O–H groups in total. The van der Waals surface area contributed by atoms with Crippen LogP contribution >= 0.6 is 38.6 Å². The third-order valence-corrected chi connectivity index (χ3v) is 23.4. The van der Waals surface area contributed by atoms with Crippen LogP contribution in [0.25, 0.3) is 151 Å². The number of benzene rings is 14. The maximum absolute atomic E-state index is 9.63. The quantitative estimate of drug-likeness (QED) is 0.142. The molecule has 14 aromatic carbocycles. The standard InChI is InChI=1S/C43H26N2S.C25H23BN2O2.C24H15BrS.W/c44-27-28-23-24-40-38(25-28)34-15-4-6-21-39(34)45(40)31-14-8-13-30(26-31)33-18-9-17-32(29-11-2-1-3-12-29)42(33)37-20-10-19-36-35-16-5-7-22-41(35)46-43(36)37;1-24(2)25(3,4)30-26(29-24)18-8-7-9-19(15-18)28-22-11-6-5-10-20(22)21-14-17(16-27)12-13-23(21)28;25-21-14-7-11-17(16-8-2-1-3-9-16)23(21)20-13-6-12-19-18-10-4-5-15-22(18)26-24(19)20;/h1-26H;5-15H,1-4H3;1-15H;. The smallest absolute Gasteiger partial charge is 0.399 e. The molecule has 4 aromatic heterocycles. The molecule has 0 atom stereocenters. The van der Waals surface area contributed by atoms with E-state index in [-0.39, 0.29) is 32.3 Å². The third-order valence-electron chi connectivity index (χ3n) is 20.3. The van der Waals surface area contributed by atoms with E-state index in [0.29, 0.717) is 11.1 Å². The number of nitriles is 2. The summed E-state index contributed by atoms with van der Waals surface area (Å²) in [7, 11) is -0.409. The van der Waals surface area contributed by atoms with Crippen molar-refractivity contribution in [3.8, 4) is 79.1 Å². The zero-order valence-electron chi connectivity index (χ0n) is 56.8. The van der Waals surface area contributed by atoms with Crippen LogP contribution in [0.1, 0.15) is 38.8 Å². The van der Waals surface area contributed by atoms with Crippen LogP contribution in [0.3, 0.4) is 0 Å². The molecule has 103 heavy (non-hydrogen) atoms. The van der Waals surface area contributed by atoms with Gasteiger partial charge in [-0.05, 0) is 163 Å². The third kappa shape index (κ3) is 12.0. The van der Waals surface area contributed by atoms with Crippen LogP contribution in [0, 0.1) is 22.7 Å². The molecule has 1 aliphatic rings. The van der Waals surface area contributed by atoms with Gasteiger partial charge in [-0.2, -0.15) is 10.5 Å². The minimum atomic E-state index is -0.409. The van der Waals surface area contributed by atoms with Crippen molar-refractivity contribution in [3.05, 3.63) is 331 Å². The normalized spacial score (nSPS) is 13.1. The number of rotatable bonds is 8. The molecule has 6 nitrogen and oxygen atoms in total. The molecule has 492 valence electrons. The minimum Gasteiger partial charge on any atom is -0.399 e. The van der Waals surface area contributed by atoms with Crippen molar-refractivity contribution >= 4 is 135 Å². The molecule has 1 aliphatic heterocycles. The molecular formula is C92H64BBrN4O2S2W. The van der Waals surface area contributed by atoms with Gasteiger partial charge in [-0.3, -0.25) is 0 Å². The Morgan fingerprint density at radius 2 is 0.718 bits per heavy atom. The fraction of sp³-hybridized carbons (Fsp3) is 0.0652. The molecule has 0 spiro atoms. The summed E-state index contributed by atoms with van der Waals surface area (Å²) in [4.78, 5) is 0. The largest absolute Gasteiger partial charge is 0.494 e. The van der Waals surface area contributed by atoms with E-state index in [0.717, 1.165) is 70.5 Å². The zero-order chi connectivity index (χ0) is 69.2. The van der Waals surface area contributed by atoms with Gasteiger partial charge in [-0.1, -0.05) is 240 Å². The number of nitrogens with zero attached hydrogens (tertiary/aromatic N) is 4. The zero-order valence-corrected chi connectivity index (χ0v) is 63.0. The van der Waals surface area contributed by atoms with Crippen molar-refractivity contribution in [1.82, 2.24) is 9.13 Å². The Bertz CT molecular complexity index is 6400. The van der Waals surface area contributed by atoms with Crippen molar-refractivity contribution in [2.24, 2.45) is 0 Å². The van der Waals surface area contributed by atoms with Gasteiger partial charge in [0.05, 0.1) is 56.5 Å². The number of halogens is 1. The van der Waals surface area contributed by atoms with E-state index < -0.39 is 7.12 Å². The first-order chi connectivity index (χ1) is 49.9. The summed E-state index contributed by atoms with van der Waals surface area (Å²) in [5.41, 5.74) is 20.4. The molecule has 0 unspecified atom stereocenters. The first-order valence-electron chi connectivity index (χ1n) is 34.2. The number of fused-ring (bicyclic) bond motifs is 12. The van der Waals surface area contributed by atoms with Gasteiger partial charge in [-0.15, -0.1) is 22.7 Å². The Morgan fingerprint density at radius 3 is 1.24 bits per heavy atom. The van der Waals surface area contributed by atoms with Gasteiger partial charge in [0.1, 0.15) is 0 Å². The Hall–Kier alpha value is -10.7. The predicted molar refractivity (Wildman–Crippen MR) is 434 cm³/mol. The van der Waals surface area contributed by atoms with Crippen LogP contribution in [0.4, 0.5) is 0 Å². The fourth-order valence-corrected chi connectivity index (χ4v) is 17.8. The second-order valence-electron chi connectivity index (χ2n) is 26.8. The van der Waals surface area contributed by atoms with Gasteiger partial charge in [-0.25, -0.2) is 0 Å². The molecular weight excluding hydrogens is 1530 g/mol. The number of thiophene rings is 2. The molecule has 11 heteroatoms. The maximum Gasteiger partial charge on any atom is 0.494 e. The van der Waals surface area contributed by atoms with E-state index in [4.69, 9.17) is 9.31 Å². The Labute approximate surface area is 629 Å². The summed E-state index contributed by atoms with van der Waals surface area (Å²) in [5.74, 6) is 0. The van der Waals surface area contributed by atoms with E-state index >= 15 is 0 Å². The monoisotopic (exact) mass is 1590 g/mol. The summed E-state index contributed by atoms with van der Waals surface area (Å²) in [6.07, 6.45) is 0. The van der Waals surface area contributed by atoms with E-state index in [1.165, 1.54) is 90.4 Å². The molecule has 0 amide bonds. The summed E-state index contributed by atoms with van der Waals surface area (Å²) < 4.78 is 23.5. The predicted octanol–water partition coefficient (Wildman–Crippen LogP) is 25.1. The van der Waals surface area contributed by atoms with E-state index in [9.17, 15) is 10.5 Å². The van der Waals surface area contributed by atoms with Crippen LogP contribution in [-0.4, -0.2) is 27.5 Å². The summed E-state index contributed by atoms with van der Waals surface area (Å²) in [6, 6.07) is 116. The molecule has 0 bridgehead atoms. The molecule has 5 heterocycles. The summed E-state index contributed by atoms with van der Waals surface area (Å²) in [5, 5.41) is 28.7. The van der Waals surface area contributed by atoms with Crippen LogP contribution in [0.5, 0.6) is 0 Å². The van der Waals surface area contributed by atoms with E-state index in [2.05, 4.69) is 326 Å². The van der Waals surface area contributed by atoms with Crippen molar-refractivity contribution in [1.29, 1.82) is 10.5 Å². The van der Waals surface area contributed by atoms with Gasteiger partial charge in [0, 0.05) is 115 Å². The SMILES string of the molecule is Brc1cccc(-c2ccccc2)c1-c1cccc2c1sc1ccccc12.CC1(C)OB(c2cccc(-n3c4ccccc4c4cc(C#N)ccc43)c2)OC1(C)C.N#Cc1ccc2c(c1)c1ccccc1n2-c1cccc(-c2cccc(-c3ccccc3)c2-c2cccc3c2sc2ccccc23)c1.[W]. The van der Waals surface area contributed by atoms with E-state index in [1.807, 2.05) is 77.3 Å². The minimum absolute atomic E-state index is 0. The second kappa shape index (κ2) is 27.6. The van der Waals surface area contributed by atoms with Crippen molar-refractivity contribution < 1.29 is 30.4 Å². The van der Waals surface area contributed by atoms with Gasteiger partial charge in [0.15, 0.2) is 0 Å². The molecule has 0 saturated carbocycles. The van der Waals surface area contributed by atoms with Crippen LogP contribution in [0.2, 0.25) is 0 Å². The number of hydrogen-bond donors (Lipinski definition) is 0. The Morgan fingerprint density at radius 1 is 0.340 bits per heavy atom. The van der Waals surface area contributed by atoms with Crippen LogP contribution in [0.15, 0.2) is 320 Å². The van der Waals surface area contributed by atoms with E-state index in [1.54, 1.807) is 0 Å². The Balaban J connectivity index is 0.000000125. The van der Waals surface area contributed by atoms with Gasteiger partial charge >= 0.3 is 7.12 Å². The molecule has 1 saturated heterocycles. The molecule has 0 radical (unpaired) electrons. The topological polar surface area (TPSA) is 75.9 Å². The van der Waals surface area contributed by atoms with Gasteiger partial charge < -0.3 is 18.4 Å². The van der Waals surface area contributed by atoms with Crippen LogP contribution in [-0.2, 0) is 30.4 Å². The number of hydrogen-bond acceptors (Lipinski definition) is 6. The first-order valence-corrected chi connectivity index (χ1v) is 36.6. The van der Waals surface area contributed by atoms with Gasteiger partial charge in [0.2, 0.25) is 0 Å². The Kier molecular flexibility index (Phi) is 17.9. The summed E-state index contributed by atoms with van der Waals surface area (Å²) >= 11 is 7.56. The average Bonchev–Trinajstić information content (AvgIpc) is 1.66. The fourth-order valence-electron chi connectivity index (χ4n) is 14.7. The first kappa shape index (κ1) is 66.8. The van der Waals surface area contributed by atoms with Gasteiger partial charge in [0.25, 0.3) is 0 Å². The maximum atomic E-state index is 9.63. The molecule has 1 fully saturated rings. The number of aromatic nitrogens is 2. The molecule has 18 aromatic rings. The summed E-state index contributed by atoms with van der Waals surface area (Å²) in [6.45, 7) is 8.26.